The van der Waals surface area contributed by atoms with Crippen molar-refractivity contribution in [2.75, 3.05) is 5.88 Å². The average molecular weight is 202 g/mol. The Kier molecular flexibility index (Phi) is 3.09. The van der Waals surface area contributed by atoms with E-state index in [9.17, 15) is 4.79 Å². The molecule has 1 aromatic rings. The van der Waals surface area contributed by atoms with Gasteiger partial charge < -0.3 is 5.11 Å². The van der Waals surface area contributed by atoms with E-state index < -0.39 is 5.97 Å². The minimum atomic E-state index is -1.03. The van der Waals surface area contributed by atoms with Gasteiger partial charge in [0.25, 0.3) is 0 Å². The van der Waals surface area contributed by atoms with Crippen molar-refractivity contribution < 1.29 is 9.90 Å². The molecule has 0 aliphatic rings. The van der Waals surface area contributed by atoms with E-state index in [1.807, 2.05) is 0 Å². The van der Waals surface area contributed by atoms with Crippen molar-refractivity contribution in [3.8, 4) is 11.8 Å². The van der Waals surface area contributed by atoms with E-state index in [1.54, 1.807) is 5.38 Å². The fraction of sp³-hybridized carbons (Fsp3) is 0.143. The van der Waals surface area contributed by atoms with Crippen LogP contribution >= 0.6 is 22.9 Å². The third-order valence-corrected chi connectivity index (χ3v) is 1.93. The number of carboxylic acid groups (broad SMARTS) is 1. The van der Waals surface area contributed by atoms with E-state index in [2.05, 4.69) is 16.8 Å². The Balaban J connectivity index is 2.84. The zero-order valence-electron chi connectivity index (χ0n) is 5.87. The van der Waals surface area contributed by atoms with Gasteiger partial charge in [-0.05, 0) is 5.92 Å². The second kappa shape index (κ2) is 4.10. The number of nitrogens with zero attached hydrogens (tertiary/aromatic N) is 1. The maximum atomic E-state index is 10.4. The molecule has 1 aromatic heterocycles. The number of halogens is 1. The second-order valence-electron chi connectivity index (χ2n) is 1.78. The molecule has 62 valence electrons. The zero-order valence-corrected chi connectivity index (χ0v) is 7.45. The molecule has 0 aromatic carbocycles. The summed E-state index contributed by atoms with van der Waals surface area (Å²) in [7, 11) is 0. The molecule has 12 heavy (non-hydrogen) atoms. The van der Waals surface area contributed by atoms with Crippen LogP contribution in [0.2, 0.25) is 0 Å². The highest BCUT2D eigenvalue weighted by atomic mass is 35.5. The summed E-state index contributed by atoms with van der Waals surface area (Å²) in [6, 6.07) is 0. The van der Waals surface area contributed by atoms with Crippen LogP contribution < -0.4 is 0 Å². The summed E-state index contributed by atoms with van der Waals surface area (Å²) < 4.78 is 0. The van der Waals surface area contributed by atoms with Crippen molar-refractivity contribution in [3.63, 3.8) is 0 Å². The predicted molar refractivity (Wildman–Crippen MR) is 46.7 cm³/mol. The van der Waals surface area contributed by atoms with Crippen LogP contribution in [0.25, 0.3) is 0 Å². The summed E-state index contributed by atoms with van der Waals surface area (Å²) in [6.45, 7) is 0. The molecular formula is C7H4ClNO2S. The number of hydrogen-bond acceptors (Lipinski definition) is 3. The van der Waals surface area contributed by atoms with Crippen molar-refractivity contribution in [1.29, 1.82) is 0 Å². The molecule has 1 heterocycles. The third-order valence-electron chi connectivity index (χ3n) is 0.970. The van der Waals surface area contributed by atoms with Gasteiger partial charge in [0.2, 0.25) is 5.01 Å². The maximum absolute atomic E-state index is 10.4. The summed E-state index contributed by atoms with van der Waals surface area (Å²) in [5.74, 6) is 4.40. The quantitative estimate of drug-likeness (QED) is 0.553. The number of carbonyl (C=O) groups is 1. The van der Waals surface area contributed by atoms with Gasteiger partial charge in [-0.3, -0.25) is 0 Å². The Morgan fingerprint density at radius 1 is 1.83 bits per heavy atom. The minimum absolute atomic E-state index is 0.0499. The highest BCUT2D eigenvalue weighted by Crippen LogP contribution is 2.07. The smallest absolute Gasteiger partial charge is 0.365 e. The topological polar surface area (TPSA) is 50.2 Å². The van der Waals surface area contributed by atoms with Crippen LogP contribution in [-0.4, -0.2) is 21.9 Å². The molecule has 5 heteroatoms. The fourth-order valence-electron chi connectivity index (χ4n) is 0.553. The molecule has 0 radical (unpaired) electrons. The molecule has 0 saturated carbocycles. The van der Waals surface area contributed by atoms with Gasteiger partial charge in [-0.1, -0.05) is 5.92 Å². The van der Waals surface area contributed by atoms with Crippen LogP contribution in [0.1, 0.15) is 15.5 Å². The van der Waals surface area contributed by atoms with Crippen LogP contribution in [0.15, 0.2) is 5.38 Å². The number of hydrogen-bond donors (Lipinski definition) is 1. The van der Waals surface area contributed by atoms with Crippen molar-refractivity contribution in [1.82, 2.24) is 4.98 Å². The lowest BCUT2D eigenvalue weighted by molar-refractivity contribution is 0.0696. The molecule has 3 nitrogen and oxygen atoms in total. The maximum Gasteiger partial charge on any atom is 0.365 e. The van der Waals surface area contributed by atoms with E-state index in [0.717, 1.165) is 11.3 Å². The summed E-state index contributed by atoms with van der Waals surface area (Å²) in [6.07, 6.45) is 0. The molecule has 0 spiro atoms. The molecule has 0 saturated heterocycles. The molecule has 1 rings (SSSR count). The summed E-state index contributed by atoms with van der Waals surface area (Å²) in [5, 5.41) is 10.1. The van der Waals surface area contributed by atoms with Crippen molar-refractivity contribution >= 4 is 28.9 Å². The minimum Gasteiger partial charge on any atom is -0.476 e. The van der Waals surface area contributed by atoms with E-state index in [0.29, 0.717) is 5.69 Å². The molecule has 0 fully saturated rings. The molecule has 0 aliphatic heterocycles. The van der Waals surface area contributed by atoms with Crippen LogP contribution in [0.5, 0.6) is 0 Å². The second-order valence-corrected chi connectivity index (χ2v) is 2.90. The third kappa shape index (κ3) is 2.22. The molecule has 0 unspecified atom stereocenters. The molecule has 1 N–H and O–H groups in total. The normalized spacial score (nSPS) is 8.75. The summed E-state index contributed by atoms with van der Waals surface area (Å²) in [4.78, 5) is 14.1. The zero-order chi connectivity index (χ0) is 8.97. The lowest BCUT2D eigenvalue weighted by Crippen LogP contribution is -1.94. The Bertz CT molecular complexity index is 350. The van der Waals surface area contributed by atoms with Crippen LogP contribution in [0, 0.1) is 11.8 Å². The first-order valence-corrected chi connectivity index (χ1v) is 4.39. The highest BCUT2D eigenvalue weighted by Gasteiger charge is 2.06. The van der Waals surface area contributed by atoms with Gasteiger partial charge in [-0.15, -0.1) is 22.9 Å². The summed E-state index contributed by atoms with van der Waals surface area (Å²) >= 11 is 6.36. The van der Waals surface area contributed by atoms with Gasteiger partial charge in [0.1, 0.15) is 5.69 Å². The van der Waals surface area contributed by atoms with Crippen molar-refractivity contribution in [2.45, 2.75) is 0 Å². The summed E-state index contributed by atoms with van der Waals surface area (Å²) in [5.41, 5.74) is 0.457. The SMILES string of the molecule is O=C(O)c1nc(C#CCCl)cs1. The lowest BCUT2D eigenvalue weighted by Gasteiger charge is -1.79. The average Bonchev–Trinajstić information content (AvgIpc) is 2.48. The molecule has 0 aliphatic carbocycles. The number of carboxylic acids is 1. The van der Waals surface area contributed by atoms with E-state index >= 15 is 0 Å². The van der Waals surface area contributed by atoms with Gasteiger partial charge in [-0.2, -0.15) is 0 Å². The number of aromatic nitrogens is 1. The highest BCUT2D eigenvalue weighted by molar-refractivity contribution is 7.11. The van der Waals surface area contributed by atoms with Crippen LogP contribution in [0.4, 0.5) is 0 Å². The number of rotatable bonds is 1. The van der Waals surface area contributed by atoms with E-state index in [-0.39, 0.29) is 10.9 Å². The van der Waals surface area contributed by atoms with Crippen LogP contribution in [-0.2, 0) is 0 Å². The number of alkyl halides is 1. The monoisotopic (exact) mass is 201 g/mol. The standard InChI is InChI=1S/C7H4ClNO2S/c8-3-1-2-5-4-12-6(9-5)7(10)11/h4H,3H2,(H,10,11). The first-order valence-electron chi connectivity index (χ1n) is 2.97. The Labute approximate surface area is 78.0 Å². The van der Waals surface area contributed by atoms with Gasteiger partial charge in [-0.25, -0.2) is 9.78 Å². The van der Waals surface area contributed by atoms with Crippen molar-refractivity contribution in [3.05, 3.63) is 16.1 Å². The lowest BCUT2D eigenvalue weighted by atomic mass is 10.5. The Morgan fingerprint density at radius 3 is 3.08 bits per heavy atom. The largest absolute Gasteiger partial charge is 0.476 e. The molecule has 0 atom stereocenters. The van der Waals surface area contributed by atoms with E-state index in [1.165, 1.54) is 0 Å². The van der Waals surface area contributed by atoms with Gasteiger partial charge in [0, 0.05) is 5.38 Å². The Morgan fingerprint density at radius 2 is 2.58 bits per heavy atom. The first kappa shape index (κ1) is 9.04. The molecular weight excluding hydrogens is 198 g/mol. The van der Waals surface area contributed by atoms with Crippen LogP contribution in [0.3, 0.4) is 0 Å². The van der Waals surface area contributed by atoms with Gasteiger partial charge in [0.05, 0.1) is 5.88 Å². The van der Waals surface area contributed by atoms with Gasteiger partial charge in [0.15, 0.2) is 0 Å². The Hall–Kier alpha value is -1.05. The predicted octanol–water partition coefficient (Wildman–Crippen LogP) is 1.43. The molecule has 0 amide bonds. The number of thiazole rings is 1. The first-order chi connectivity index (χ1) is 5.74. The van der Waals surface area contributed by atoms with Crippen molar-refractivity contribution in [2.24, 2.45) is 0 Å². The number of aromatic carboxylic acids is 1. The fourth-order valence-corrected chi connectivity index (χ4v) is 1.21. The van der Waals surface area contributed by atoms with Gasteiger partial charge >= 0.3 is 5.97 Å². The van der Waals surface area contributed by atoms with E-state index in [4.69, 9.17) is 16.7 Å². The molecule has 0 bridgehead atoms.